The molecule has 0 fully saturated rings. The van der Waals surface area contributed by atoms with E-state index in [-0.39, 0.29) is 6.54 Å². The molecule has 1 N–H and O–H groups in total. The van der Waals surface area contributed by atoms with Crippen LogP contribution in [-0.4, -0.2) is 19.3 Å². The Morgan fingerprint density at radius 3 is 2.69 bits per heavy atom. The molecule has 2 atom stereocenters. The van der Waals surface area contributed by atoms with E-state index >= 15 is 0 Å². The summed E-state index contributed by atoms with van der Waals surface area (Å²) in [7, 11) is 0. The number of nitrogens with one attached hydrogen (secondary N) is 1. The van der Waals surface area contributed by atoms with Gasteiger partial charge in [0.1, 0.15) is 0 Å². The van der Waals surface area contributed by atoms with Gasteiger partial charge in [0.15, 0.2) is 5.92 Å². The molecule has 5 heteroatoms. The van der Waals surface area contributed by atoms with Crippen molar-refractivity contribution in [2.45, 2.75) is 25.4 Å². The van der Waals surface area contributed by atoms with Gasteiger partial charge in [-0.05, 0) is 31.7 Å². The summed E-state index contributed by atoms with van der Waals surface area (Å²) in [6, 6.07) is 1.28. The molecule has 0 aromatic carbocycles. The van der Waals surface area contributed by atoms with Crippen LogP contribution in [0.3, 0.4) is 0 Å². The maximum atomic E-state index is 12.2. The molecule has 0 spiro atoms. The van der Waals surface area contributed by atoms with Crippen molar-refractivity contribution in [2.24, 2.45) is 11.8 Å². The zero-order chi connectivity index (χ0) is 12.0. The molecule has 16 heavy (non-hydrogen) atoms. The molecular formula is C11H15F3N2. The smallest absolute Gasteiger partial charge is 0.315 e. The van der Waals surface area contributed by atoms with E-state index in [9.17, 15) is 13.2 Å². The molecule has 0 aromatic heterocycles. The highest BCUT2D eigenvalue weighted by molar-refractivity contribution is 4.92. The normalized spacial score (nSPS) is 22.8. The summed E-state index contributed by atoms with van der Waals surface area (Å²) in [6.07, 6.45) is 2.64. The number of nitriles is 1. The van der Waals surface area contributed by atoms with Crippen LogP contribution in [0, 0.1) is 23.2 Å². The third kappa shape index (κ3) is 4.23. The molecular weight excluding hydrogens is 217 g/mol. The Labute approximate surface area is 93.1 Å². The predicted molar refractivity (Wildman–Crippen MR) is 54.5 cm³/mol. The van der Waals surface area contributed by atoms with E-state index in [2.05, 4.69) is 17.5 Å². The van der Waals surface area contributed by atoms with Gasteiger partial charge in [-0.3, -0.25) is 0 Å². The van der Waals surface area contributed by atoms with Gasteiger partial charge in [-0.25, -0.2) is 0 Å². The van der Waals surface area contributed by atoms with Crippen molar-refractivity contribution >= 4 is 0 Å². The van der Waals surface area contributed by atoms with E-state index < -0.39 is 12.1 Å². The largest absolute Gasteiger partial charge is 0.405 e. The van der Waals surface area contributed by atoms with Crippen molar-refractivity contribution in [1.82, 2.24) is 5.32 Å². The summed E-state index contributed by atoms with van der Waals surface area (Å²) in [6.45, 7) is 0.249. The van der Waals surface area contributed by atoms with Gasteiger partial charge < -0.3 is 5.32 Å². The molecule has 0 heterocycles. The van der Waals surface area contributed by atoms with Crippen LogP contribution < -0.4 is 5.32 Å². The lowest BCUT2D eigenvalue weighted by molar-refractivity contribution is -0.157. The first kappa shape index (κ1) is 13.0. The van der Waals surface area contributed by atoms with Crippen LogP contribution in [0.5, 0.6) is 0 Å². The number of halogens is 3. The molecule has 0 amide bonds. The van der Waals surface area contributed by atoms with E-state index in [4.69, 9.17) is 5.26 Å². The molecule has 0 bridgehead atoms. The Morgan fingerprint density at radius 2 is 2.19 bits per heavy atom. The molecule has 1 aliphatic carbocycles. The highest BCUT2D eigenvalue weighted by atomic mass is 19.4. The van der Waals surface area contributed by atoms with E-state index in [0.717, 1.165) is 19.3 Å². The van der Waals surface area contributed by atoms with Crippen LogP contribution in [0.4, 0.5) is 13.2 Å². The Morgan fingerprint density at radius 1 is 1.44 bits per heavy atom. The fraction of sp³-hybridized carbons (Fsp3) is 0.727. The average Bonchev–Trinajstić information content (AvgIpc) is 2.24. The molecule has 90 valence electrons. The second kappa shape index (κ2) is 5.90. The molecule has 0 aliphatic heterocycles. The number of hydrogen-bond donors (Lipinski definition) is 1. The predicted octanol–water partition coefficient (Wildman–Crippen LogP) is 2.63. The summed E-state index contributed by atoms with van der Waals surface area (Å²) in [5.41, 5.74) is 0. The first-order chi connectivity index (χ1) is 7.54. The van der Waals surface area contributed by atoms with Gasteiger partial charge in [0.2, 0.25) is 0 Å². The molecule has 1 rings (SSSR count). The Kier molecular flexibility index (Phi) is 4.81. The average molecular weight is 232 g/mol. The lowest BCUT2D eigenvalue weighted by atomic mass is 9.94. The molecule has 2 nitrogen and oxygen atoms in total. The summed E-state index contributed by atoms with van der Waals surface area (Å²) < 4.78 is 36.6. The van der Waals surface area contributed by atoms with Gasteiger partial charge in [0, 0.05) is 6.54 Å². The Balaban J connectivity index is 2.24. The summed E-state index contributed by atoms with van der Waals surface area (Å²) in [5.74, 6) is -1.50. The van der Waals surface area contributed by atoms with Gasteiger partial charge in [-0.2, -0.15) is 18.4 Å². The number of rotatable bonds is 4. The van der Waals surface area contributed by atoms with Crippen molar-refractivity contribution in [3.63, 3.8) is 0 Å². The first-order valence-electron chi connectivity index (χ1n) is 5.36. The highest BCUT2D eigenvalue weighted by Crippen LogP contribution is 2.25. The summed E-state index contributed by atoms with van der Waals surface area (Å²) in [5, 5.41) is 11.1. The molecule has 0 saturated heterocycles. The second-order valence-electron chi connectivity index (χ2n) is 4.03. The number of nitrogens with zero attached hydrogens (tertiary/aromatic N) is 1. The number of hydrogen-bond acceptors (Lipinski definition) is 2. The molecule has 0 saturated carbocycles. The van der Waals surface area contributed by atoms with Crippen LogP contribution in [0.2, 0.25) is 0 Å². The first-order valence-corrected chi connectivity index (χ1v) is 5.36. The van der Waals surface area contributed by atoms with Crippen LogP contribution >= 0.6 is 0 Å². The lowest BCUT2D eigenvalue weighted by Gasteiger charge is -2.20. The van der Waals surface area contributed by atoms with Gasteiger partial charge in [0.05, 0.1) is 6.07 Å². The molecule has 0 radical (unpaired) electrons. The van der Waals surface area contributed by atoms with E-state index in [1.54, 1.807) is 0 Å². The number of allylic oxidation sites excluding steroid dienone is 2. The molecule has 2 unspecified atom stereocenters. The van der Waals surface area contributed by atoms with Gasteiger partial charge in [0.25, 0.3) is 0 Å². The minimum atomic E-state index is -4.42. The van der Waals surface area contributed by atoms with Crippen LogP contribution in [-0.2, 0) is 0 Å². The van der Waals surface area contributed by atoms with Crippen molar-refractivity contribution < 1.29 is 13.2 Å². The molecule has 1 aliphatic rings. The second-order valence-corrected chi connectivity index (χ2v) is 4.03. The van der Waals surface area contributed by atoms with Gasteiger partial charge >= 0.3 is 6.18 Å². The minimum absolute atomic E-state index is 0.305. The lowest BCUT2D eigenvalue weighted by Crippen LogP contribution is -2.35. The third-order valence-corrected chi connectivity index (χ3v) is 2.71. The zero-order valence-corrected chi connectivity index (χ0v) is 8.93. The minimum Gasteiger partial charge on any atom is -0.315 e. The Bertz CT molecular complexity index is 278. The zero-order valence-electron chi connectivity index (χ0n) is 8.93. The van der Waals surface area contributed by atoms with E-state index in [0.29, 0.717) is 12.5 Å². The topological polar surface area (TPSA) is 35.8 Å². The van der Waals surface area contributed by atoms with Crippen LogP contribution in [0.15, 0.2) is 12.2 Å². The van der Waals surface area contributed by atoms with Crippen molar-refractivity contribution in [1.29, 1.82) is 5.26 Å². The maximum Gasteiger partial charge on any atom is 0.405 e. The van der Waals surface area contributed by atoms with Gasteiger partial charge in [-0.1, -0.05) is 12.2 Å². The van der Waals surface area contributed by atoms with Crippen LogP contribution in [0.25, 0.3) is 0 Å². The SMILES string of the molecule is N#CC(CNCC1CC=CCC1)C(F)(F)F. The Hall–Kier alpha value is -1.02. The van der Waals surface area contributed by atoms with Crippen molar-refractivity contribution in [3.05, 3.63) is 12.2 Å². The quantitative estimate of drug-likeness (QED) is 0.756. The maximum absolute atomic E-state index is 12.2. The van der Waals surface area contributed by atoms with Crippen molar-refractivity contribution in [3.8, 4) is 6.07 Å². The fourth-order valence-corrected chi connectivity index (χ4v) is 1.71. The van der Waals surface area contributed by atoms with Crippen molar-refractivity contribution in [2.75, 3.05) is 13.1 Å². The number of alkyl halides is 3. The monoisotopic (exact) mass is 232 g/mol. The van der Waals surface area contributed by atoms with E-state index in [1.165, 1.54) is 6.07 Å². The third-order valence-electron chi connectivity index (χ3n) is 2.71. The highest BCUT2D eigenvalue weighted by Gasteiger charge is 2.39. The summed E-state index contributed by atoms with van der Waals surface area (Å²) >= 11 is 0. The van der Waals surface area contributed by atoms with Gasteiger partial charge in [-0.15, -0.1) is 0 Å². The standard InChI is InChI=1S/C11H15F3N2/c12-11(13,14)10(6-15)8-16-7-9-4-2-1-3-5-9/h1-2,9-10,16H,3-5,7-8H2. The van der Waals surface area contributed by atoms with Crippen LogP contribution in [0.1, 0.15) is 19.3 Å². The molecule has 0 aromatic rings. The van der Waals surface area contributed by atoms with E-state index in [1.807, 2.05) is 0 Å². The summed E-state index contributed by atoms with van der Waals surface area (Å²) in [4.78, 5) is 0. The fourth-order valence-electron chi connectivity index (χ4n) is 1.71.